The third-order valence-electron chi connectivity index (χ3n) is 2.03. The average Bonchev–Trinajstić information content (AvgIpc) is 2.25. The van der Waals surface area contributed by atoms with Gasteiger partial charge in [-0.1, -0.05) is 6.07 Å². The summed E-state index contributed by atoms with van der Waals surface area (Å²) in [5.41, 5.74) is 0.947. The van der Waals surface area contributed by atoms with Gasteiger partial charge in [-0.05, 0) is 39.7 Å². The van der Waals surface area contributed by atoms with Crippen LogP contribution in [0.5, 0.6) is 5.75 Å². The standard InChI is InChI=1S/C12H14BrNO2/c1-14(2)12(15)7-5-9-4-6-11(16-3)10(13)8-9/h4-8H,1-3H3/b7-5+. The van der Waals surface area contributed by atoms with Gasteiger partial charge in [-0.25, -0.2) is 0 Å². The van der Waals surface area contributed by atoms with E-state index in [0.717, 1.165) is 15.8 Å². The van der Waals surface area contributed by atoms with Crippen LogP contribution >= 0.6 is 15.9 Å². The van der Waals surface area contributed by atoms with E-state index >= 15 is 0 Å². The Morgan fingerprint density at radius 2 is 2.12 bits per heavy atom. The van der Waals surface area contributed by atoms with Crippen LogP contribution in [0.4, 0.5) is 0 Å². The molecule has 3 nitrogen and oxygen atoms in total. The Morgan fingerprint density at radius 1 is 1.44 bits per heavy atom. The van der Waals surface area contributed by atoms with Crippen molar-refractivity contribution in [2.75, 3.05) is 21.2 Å². The second kappa shape index (κ2) is 5.70. The maximum Gasteiger partial charge on any atom is 0.246 e. The van der Waals surface area contributed by atoms with Gasteiger partial charge in [0.1, 0.15) is 5.75 Å². The number of carbonyl (C=O) groups excluding carboxylic acids is 1. The minimum absolute atomic E-state index is 0.0352. The molecule has 0 fully saturated rings. The summed E-state index contributed by atoms with van der Waals surface area (Å²) < 4.78 is 5.99. The third-order valence-corrected chi connectivity index (χ3v) is 2.65. The summed E-state index contributed by atoms with van der Waals surface area (Å²) in [6.07, 6.45) is 3.31. The Kier molecular flexibility index (Phi) is 4.55. The van der Waals surface area contributed by atoms with Crippen LogP contribution < -0.4 is 4.74 Å². The highest BCUT2D eigenvalue weighted by Crippen LogP contribution is 2.25. The molecule has 1 amide bonds. The second-order valence-corrected chi connectivity index (χ2v) is 4.31. The maximum absolute atomic E-state index is 11.3. The van der Waals surface area contributed by atoms with Crippen LogP contribution in [0.2, 0.25) is 0 Å². The van der Waals surface area contributed by atoms with Gasteiger partial charge < -0.3 is 9.64 Å². The molecule has 4 heteroatoms. The number of likely N-dealkylation sites (N-methyl/N-ethyl adjacent to an activating group) is 1. The lowest BCUT2D eigenvalue weighted by Gasteiger charge is -2.06. The lowest BCUT2D eigenvalue weighted by molar-refractivity contribution is -0.123. The molecule has 0 aliphatic heterocycles. The number of nitrogens with zero attached hydrogens (tertiary/aromatic N) is 1. The summed E-state index contributed by atoms with van der Waals surface area (Å²) in [6.45, 7) is 0. The SMILES string of the molecule is COc1ccc(/C=C/C(=O)N(C)C)cc1Br. The van der Waals surface area contributed by atoms with Gasteiger partial charge in [0.2, 0.25) is 5.91 Å². The molecule has 1 rings (SSSR count). The lowest BCUT2D eigenvalue weighted by atomic mass is 10.2. The topological polar surface area (TPSA) is 29.5 Å². The van der Waals surface area contributed by atoms with Crippen molar-refractivity contribution in [3.63, 3.8) is 0 Å². The first-order chi connectivity index (χ1) is 7.54. The van der Waals surface area contributed by atoms with E-state index in [-0.39, 0.29) is 5.91 Å². The van der Waals surface area contributed by atoms with Crippen LogP contribution in [0.1, 0.15) is 5.56 Å². The van der Waals surface area contributed by atoms with E-state index in [1.54, 1.807) is 27.3 Å². The molecule has 0 aliphatic rings. The number of rotatable bonds is 3. The van der Waals surface area contributed by atoms with Gasteiger partial charge in [0, 0.05) is 20.2 Å². The van der Waals surface area contributed by atoms with Gasteiger partial charge in [-0.2, -0.15) is 0 Å². The van der Waals surface area contributed by atoms with Crippen LogP contribution in [0, 0.1) is 0 Å². The van der Waals surface area contributed by atoms with Gasteiger partial charge in [0.25, 0.3) is 0 Å². The third kappa shape index (κ3) is 3.38. The van der Waals surface area contributed by atoms with E-state index in [0.29, 0.717) is 0 Å². The van der Waals surface area contributed by atoms with E-state index in [2.05, 4.69) is 15.9 Å². The monoisotopic (exact) mass is 283 g/mol. The second-order valence-electron chi connectivity index (χ2n) is 3.46. The Labute approximate surface area is 104 Å². The van der Waals surface area contributed by atoms with Gasteiger partial charge in [-0.3, -0.25) is 4.79 Å². The highest BCUT2D eigenvalue weighted by atomic mass is 79.9. The minimum atomic E-state index is -0.0352. The summed E-state index contributed by atoms with van der Waals surface area (Å²) >= 11 is 3.39. The molecular formula is C12H14BrNO2. The molecule has 0 atom stereocenters. The van der Waals surface area contributed by atoms with Crippen molar-refractivity contribution in [3.8, 4) is 5.75 Å². The molecule has 0 heterocycles. The van der Waals surface area contributed by atoms with Crippen molar-refractivity contribution >= 4 is 27.9 Å². The van der Waals surface area contributed by atoms with E-state index in [4.69, 9.17) is 4.74 Å². The quantitative estimate of drug-likeness (QED) is 0.798. The fourth-order valence-electron chi connectivity index (χ4n) is 1.10. The van der Waals surface area contributed by atoms with Crippen LogP contribution in [0.3, 0.4) is 0 Å². The predicted molar refractivity (Wildman–Crippen MR) is 68.4 cm³/mol. The summed E-state index contributed by atoms with van der Waals surface area (Å²) in [7, 11) is 5.05. The van der Waals surface area contributed by atoms with Crippen LogP contribution in [-0.2, 0) is 4.79 Å². The molecule has 0 radical (unpaired) electrons. The Morgan fingerprint density at radius 3 is 2.62 bits per heavy atom. The molecule has 0 unspecified atom stereocenters. The molecule has 0 bridgehead atoms. The molecule has 0 aliphatic carbocycles. The lowest BCUT2D eigenvalue weighted by Crippen LogP contribution is -2.18. The zero-order chi connectivity index (χ0) is 12.1. The van der Waals surface area contributed by atoms with E-state index in [1.165, 1.54) is 11.0 Å². The van der Waals surface area contributed by atoms with Gasteiger partial charge in [-0.15, -0.1) is 0 Å². The number of hydrogen-bond donors (Lipinski definition) is 0. The first kappa shape index (κ1) is 12.8. The first-order valence-electron chi connectivity index (χ1n) is 4.77. The van der Waals surface area contributed by atoms with Crippen molar-refractivity contribution < 1.29 is 9.53 Å². The molecule has 0 N–H and O–H groups in total. The highest BCUT2D eigenvalue weighted by Gasteiger charge is 2.00. The fraction of sp³-hybridized carbons (Fsp3) is 0.250. The highest BCUT2D eigenvalue weighted by molar-refractivity contribution is 9.10. The van der Waals surface area contributed by atoms with Crippen molar-refractivity contribution in [1.29, 1.82) is 0 Å². The number of amides is 1. The van der Waals surface area contributed by atoms with Crippen LogP contribution in [-0.4, -0.2) is 32.0 Å². The summed E-state index contributed by atoms with van der Waals surface area (Å²) in [6, 6.07) is 5.64. The Bertz CT molecular complexity index is 413. The van der Waals surface area contributed by atoms with Gasteiger partial charge in [0.05, 0.1) is 11.6 Å². The molecule has 16 heavy (non-hydrogen) atoms. The van der Waals surface area contributed by atoms with Crippen molar-refractivity contribution in [1.82, 2.24) is 4.90 Å². The number of halogens is 1. The normalized spacial score (nSPS) is 10.5. The molecule has 0 saturated heterocycles. The average molecular weight is 284 g/mol. The van der Waals surface area contributed by atoms with Crippen molar-refractivity contribution in [2.24, 2.45) is 0 Å². The number of methoxy groups -OCH3 is 1. The number of ether oxygens (including phenoxy) is 1. The minimum Gasteiger partial charge on any atom is -0.496 e. The van der Waals surface area contributed by atoms with Gasteiger partial charge in [0.15, 0.2) is 0 Å². The number of benzene rings is 1. The smallest absolute Gasteiger partial charge is 0.246 e. The summed E-state index contributed by atoms with van der Waals surface area (Å²) in [4.78, 5) is 12.8. The summed E-state index contributed by atoms with van der Waals surface area (Å²) in [5.74, 6) is 0.739. The largest absolute Gasteiger partial charge is 0.496 e. The molecule has 86 valence electrons. The Hall–Kier alpha value is -1.29. The summed E-state index contributed by atoms with van der Waals surface area (Å²) in [5, 5.41) is 0. The molecule has 1 aromatic rings. The van der Waals surface area contributed by atoms with E-state index < -0.39 is 0 Å². The fourth-order valence-corrected chi connectivity index (χ4v) is 1.66. The molecule has 0 aromatic heterocycles. The van der Waals surface area contributed by atoms with Gasteiger partial charge >= 0.3 is 0 Å². The first-order valence-corrected chi connectivity index (χ1v) is 5.57. The number of carbonyl (C=O) groups is 1. The van der Waals surface area contributed by atoms with E-state index in [1.807, 2.05) is 18.2 Å². The molecule has 0 saturated carbocycles. The predicted octanol–water partition coefficient (Wildman–Crippen LogP) is 2.56. The number of hydrogen-bond acceptors (Lipinski definition) is 2. The van der Waals surface area contributed by atoms with Crippen molar-refractivity contribution in [3.05, 3.63) is 34.3 Å². The molecular weight excluding hydrogens is 270 g/mol. The zero-order valence-corrected chi connectivity index (χ0v) is 11.1. The van der Waals surface area contributed by atoms with Crippen LogP contribution in [0.15, 0.2) is 28.7 Å². The van der Waals surface area contributed by atoms with Crippen LogP contribution in [0.25, 0.3) is 6.08 Å². The van der Waals surface area contributed by atoms with E-state index in [9.17, 15) is 4.79 Å². The zero-order valence-electron chi connectivity index (χ0n) is 9.53. The molecule has 0 spiro atoms. The Balaban J connectivity index is 2.83. The molecule has 1 aromatic carbocycles. The maximum atomic E-state index is 11.3. The van der Waals surface area contributed by atoms with Crippen molar-refractivity contribution in [2.45, 2.75) is 0 Å².